The molecule has 0 aromatic heterocycles. The van der Waals surface area contributed by atoms with Gasteiger partial charge in [-0.1, -0.05) is 23.2 Å². The van der Waals surface area contributed by atoms with Crippen LogP contribution in [0.5, 0.6) is 5.75 Å². The molecule has 1 atom stereocenters. The zero-order chi connectivity index (χ0) is 14.8. The van der Waals surface area contributed by atoms with Crippen molar-refractivity contribution in [2.24, 2.45) is 11.7 Å². The van der Waals surface area contributed by atoms with E-state index in [0.717, 1.165) is 12.8 Å². The van der Waals surface area contributed by atoms with Gasteiger partial charge in [-0.25, -0.2) is 0 Å². The summed E-state index contributed by atoms with van der Waals surface area (Å²) in [6.07, 6.45) is 2.22. The van der Waals surface area contributed by atoms with Gasteiger partial charge in [0.1, 0.15) is 5.75 Å². The topological polar surface area (TPSA) is 64.3 Å². The van der Waals surface area contributed by atoms with Crippen LogP contribution in [0.1, 0.15) is 19.8 Å². The Hall–Kier alpha value is -0.680. The maximum absolute atomic E-state index is 11.9. The van der Waals surface area contributed by atoms with Gasteiger partial charge in [0.2, 0.25) is 0 Å². The van der Waals surface area contributed by atoms with Crippen LogP contribution in [-0.2, 0) is 4.79 Å². The van der Waals surface area contributed by atoms with Gasteiger partial charge in [0, 0.05) is 11.6 Å². The summed E-state index contributed by atoms with van der Waals surface area (Å²) in [6, 6.07) is 4.88. The third-order valence-electron chi connectivity index (χ3n) is 3.58. The van der Waals surface area contributed by atoms with E-state index < -0.39 is 0 Å². The second kappa shape index (κ2) is 7.54. The first-order valence-electron chi connectivity index (χ1n) is 6.53. The predicted molar refractivity (Wildman–Crippen MR) is 87.5 cm³/mol. The van der Waals surface area contributed by atoms with Crippen LogP contribution in [0.4, 0.5) is 0 Å². The molecule has 1 aromatic carbocycles. The van der Waals surface area contributed by atoms with Gasteiger partial charge in [-0.15, -0.1) is 12.4 Å². The zero-order valence-electron chi connectivity index (χ0n) is 11.7. The van der Waals surface area contributed by atoms with E-state index in [2.05, 4.69) is 5.32 Å². The van der Waals surface area contributed by atoms with E-state index in [1.165, 1.54) is 0 Å². The Balaban J connectivity index is 0.00000220. The second-order valence-electron chi connectivity index (χ2n) is 5.31. The maximum atomic E-state index is 11.9. The molecular formula is C14H19Cl3N2O2. The summed E-state index contributed by atoms with van der Waals surface area (Å²) in [5.74, 6) is 0.707. The van der Waals surface area contributed by atoms with Gasteiger partial charge in [0.15, 0.2) is 6.61 Å². The summed E-state index contributed by atoms with van der Waals surface area (Å²) in [7, 11) is 0. The fourth-order valence-electron chi connectivity index (χ4n) is 2.13. The van der Waals surface area contributed by atoms with Gasteiger partial charge < -0.3 is 15.8 Å². The van der Waals surface area contributed by atoms with Gasteiger partial charge >= 0.3 is 0 Å². The van der Waals surface area contributed by atoms with Crippen molar-refractivity contribution in [3.05, 3.63) is 28.2 Å². The number of benzene rings is 1. The molecule has 21 heavy (non-hydrogen) atoms. The summed E-state index contributed by atoms with van der Waals surface area (Å²) >= 11 is 11.8. The molecule has 118 valence electrons. The maximum Gasteiger partial charge on any atom is 0.258 e. The molecule has 3 N–H and O–H groups in total. The molecule has 0 bridgehead atoms. The van der Waals surface area contributed by atoms with E-state index in [0.29, 0.717) is 28.3 Å². The molecule has 1 aliphatic rings. The first kappa shape index (κ1) is 18.4. The first-order chi connectivity index (χ1) is 9.44. The molecule has 0 radical (unpaired) electrons. The number of halogens is 3. The Labute approximate surface area is 140 Å². The van der Waals surface area contributed by atoms with Crippen molar-refractivity contribution >= 4 is 41.5 Å². The minimum absolute atomic E-state index is 0. The van der Waals surface area contributed by atoms with Crippen LogP contribution in [-0.4, -0.2) is 24.6 Å². The highest BCUT2D eigenvalue weighted by atomic mass is 35.5. The molecule has 1 aliphatic carbocycles. The van der Waals surface area contributed by atoms with Gasteiger partial charge in [-0.05, 0) is 43.9 Å². The Morgan fingerprint density at radius 1 is 1.48 bits per heavy atom. The van der Waals surface area contributed by atoms with Crippen molar-refractivity contribution in [1.29, 1.82) is 0 Å². The first-order valence-corrected chi connectivity index (χ1v) is 7.29. The van der Waals surface area contributed by atoms with Crippen LogP contribution in [0.25, 0.3) is 0 Å². The summed E-state index contributed by atoms with van der Waals surface area (Å²) in [4.78, 5) is 11.9. The van der Waals surface area contributed by atoms with Crippen molar-refractivity contribution in [2.75, 3.05) is 13.2 Å². The normalized spacial score (nSPS) is 16.6. The molecule has 1 aromatic rings. The largest absolute Gasteiger partial charge is 0.482 e. The summed E-state index contributed by atoms with van der Waals surface area (Å²) in [6.45, 7) is 2.30. The lowest BCUT2D eigenvalue weighted by molar-refractivity contribution is -0.125. The average molecular weight is 354 g/mol. The van der Waals surface area contributed by atoms with Gasteiger partial charge in [-0.2, -0.15) is 0 Å². The van der Waals surface area contributed by atoms with Gasteiger partial charge in [-0.3, -0.25) is 4.79 Å². The molecule has 1 amide bonds. The molecule has 0 saturated heterocycles. The minimum atomic E-state index is -0.343. The van der Waals surface area contributed by atoms with Gasteiger partial charge in [0.25, 0.3) is 5.91 Å². The van der Waals surface area contributed by atoms with Crippen molar-refractivity contribution in [3.8, 4) is 5.75 Å². The van der Waals surface area contributed by atoms with E-state index in [4.69, 9.17) is 33.7 Å². The molecular weight excluding hydrogens is 335 g/mol. The predicted octanol–water partition coefficient (Wildman–Crippen LogP) is 3.04. The summed E-state index contributed by atoms with van der Waals surface area (Å²) < 4.78 is 5.40. The van der Waals surface area contributed by atoms with Crippen LogP contribution in [0.2, 0.25) is 10.0 Å². The number of amides is 1. The molecule has 0 heterocycles. The van der Waals surface area contributed by atoms with Crippen molar-refractivity contribution < 1.29 is 9.53 Å². The molecule has 0 aliphatic heterocycles. The smallest absolute Gasteiger partial charge is 0.258 e. The van der Waals surface area contributed by atoms with Crippen LogP contribution in [0.15, 0.2) is 18.2 Å². The fourth-order valence-corrected chi connectivity index (χ4v) is 2.59. The molecule has 4 nitrogen and oxygen atoms in total. The molecule has 1 saturated carbocycles. The van der Waals surface area contributed by atoms with Gasteiger partial charge in [0.05, 0.1) is 10.6 Å². The number of rotatable bonds is 6. The van der Waals surface area contributed by atoms with E-state index >= 15 is 0 Å². The van der Waals surface area contributed by atoms with Crippen LogP contribution in [0, 0.1) is 5.92 Å². The molecule has 0 spiro atoms. The highest BCUT2D eigenvalue weighted by molar-refractivity contribution is 6.35. The van der Waals surface area contributed by atoms with Crippen molar-refractivity contribution in [2.45, 2.75) is 25.3 Å². The van der Waals surface area contributed by atoms with E-state index in [-0.39, 0.29) is 30.5 Å². The minimum Gasteiger partial charge on any atom is -0.482 e. The van der Waals surface area contributed by atoms with Crippen LogP contribution in [0.3, 0.4) is 0 Å². The lowest BCUT2D eigenvalue weighted by atomic mass is 9.96. The lowest BCUT2D eigenvalue weighted by Crippen LogP contribution is -2.54. The Bertz CT molecular complexity index is 509. The highest BCUT2D eigenvalue weighted by Gasteiger charge is 2.41. The molecule has 2 rings (SSSR count). The summed E-state index contributed by atoms with van der Waals surface area (Å²) in [5, 5.41) is 3.86. The third-order valence-corrected chi connectivity index (χ3v) is 4.11. The van der Waals surface area contributed by atoms with Crippen molar-refractivity contribution in [1.82, 2.24) is 5.32 Å². The zero-order valence-corrected chi connectivity index (χ0v) is 14.0. The number of ether oxygens (including phenoxy) is 1. The monoisotopic (exact) mass is 352 g/mol. The Morgan fingerprint density at radius 3 is 2.67 bits per heavy atom. The van der Waals surface area contributed by atoms with E-state index in [1.54, 1.807) is 18.2 Å². The number of nitrogens with two attached hydrogens (primary N) is 1. The Kier molecular flexibility index (Phi) is 6.60. The second-order valence-corrected chi connectivity index (χ2v) is 6.15. The quantitative estimate of drug-likeness (QED) is 0.826. The average Bonchev–Trinajstić information content (AvgIpc) is 3.22. The summed E-state index contributed by atoms with van der Waals surface area (Å²) in [5.41, 5.74) is 5.41. The molecule has 1 fully saturated rings. The Morgan fingerprint density at radius 2 is 2.14 bits per heavy atom. The lowest BCUT2D eigenvalue weighted by Gasteiger charge is -2.29. The fraction of sp³-hybridized carbons (Fsp3) is 0.500. The number of carbonyl (C=O) groups is 1. The van der Waals surface area contributed by atoms with E-state index in [1.807, 2.05) is 6.92 Å². The standard InChI is InChI=1S/C14H18Cl2N2O2.ClH/c1-14(8-17,9-2-3-9)18-13(19)7-20-12-5-4-10(15)6-11(12)16;/h4-6,9H,2-3,7-8,17H2,1H3,(H,18,19);1H. The number of hydrogen-bond acceptors (Lipinski definition) is 3. The molecule has 1 unspecified atom stereocenters. The van der Waals surface area contributed by atoms with Crippen LogP contribution >= 0.6 is 35.6 Å². The number of hydrogen-bond donors (Lipinski definition) is 2. The van der Waals surface area contributed by atoms with Crippen LogP contribution < -0.4 is 15.8 Å². The van der Waals surface area contributed by atoms with Crippen molar-refractivity contribution in [3.63, 3.8) is 0 Å². The number of carbonyl (C=O) groups excluding carboxylic acids is 1. The third kappa shape index (κ3) is 4.92. The SMILES string of the molecule is CC(CN)(NC(=O)COc1ccc(Cl)cc1Cl)C1CC1.Cl. The highest BCUT2D eigenvalue weighted by Crippen LogP contribution is 2.38. The number of nitrogens with one attached hydrogen (secondary N) is 1. The van der Waals surface area contributed by atoms with E-state index in [9.17, 15) is 4.79 Å². The molecule has 7 heteroatoms.